The van der Waals surface area contributed by atoms with Gasteiger partial charge in [0.05, 0.1) is 12.0 Å². The Kier molecular flexibility index (Phi) is 2.10. The van der Waals surface area contributed by atoms with Gasteiger partial charge in [-0.2, -0.15) is 0 Å². The fourth-order valence-corrected chi connectivity index (χ4v) is 2.43. The van der Waals surface area contributed by atoms with Gasteiger partial charge in [-0.25, -0.2) is 0 Å². The smallest absolute Gasteiger partial charge is 0.246 e. The van der Waals surface area contributed by atoms with E-state index >= 15 is 0 Å². The molecule has 0 aromatic carbocycles. The van der Waals surface area contributed by atoms with E-state index in [4.69, 9.17) is 0 Å². The standard InChI is InChI=1S/C10H16N2O2/c1-5-4-11-8-7(6(5)2)9(13)12(3)10(8)14/h5-8,11H,4H2,1-3H3/t5?,6-,7-,8+/m0/s1. The number of piperidine rings is 1. The van der Waals surface area contributed by atoms with Crippen molar-refractivity contribution in [2.24, 2.45) is 17.8 Å². The van der Waals surface area contributed by atoms with Crippen molar-refractivity contribution < 1.29 is 9.59 Å². The van der Waals surface area contributed by atoms with Crippen molar-refractivity contribution in [3.8, 4) is 0 Å². The summed E-state index contributed by atoms with van der Waals surface area (Å²) in [6.07, 6.45) is 0. The zero-order valence-corrected chi connectivity index (χ0v) is 8.78. The minimum Gasteiger partial charge on any atom is -0.305 e. The normalized spacial score (nSPS) is 42.9. The summed E-state index contributed by atoms with van der Waals surface area (Å²) in [5.41, 5.74) is 0. The van der Waals surface area contributed by atoms with Gasteiger partial charge in [0.1, 0.15) is 0 Å². The molecule has 78 valence electrons. The van der Waals surface area contributed by atoms with E-state index in [-0.39, 0.29) is 23.8 Å². The maximum absolute atomic E-state index is 11.8. The number of rotatable bonds is 0. The molecule has 0 bridgehead atoms. The number of carbonyl (C=O) groups is 2. The van der Waals surface area contributed by atoms with E-state index in [0.29, 0.717) is 11.8 Å². The maximum Gasteiger partial charge on any atom is 0.246 e. The molecule has 0 aliphatic carbocycles. The summed E-state index contributed by atoms with van der Waals surface area (Å²) in [5, 5.41) is 3.16. The molecule has 0 aromatic rings. The number of fused-ring (bicyclic) bond motifs is 1. The molecule has 0 saturated carbocycles. The quantitative estimate of drug-likeness (QED) is 0.548. The van der Waals surface area contributed by atoms with Crippen molar-refractivity contribution in [3.05, 3.63) is 0 Å². The van der Waals surface area contributed by atoms with E-state index in [1.165, 1.54) is 4.90 Å². The van der Waals surface area contributed by atoms with Crippen LogP contribution in [-0.4, -0.2) is 36.3 Å². The second-order valence-corrected chi connectivity index (χ2v) is 4.48. The lowest BCUT2D eigenvalue weighted by atomic mass is 9.77. The van der Waals surface area contributed by atoms with Crippen LogP contribution >= 0.6 is 0 Å². The number of nitrogens with zero attached hydrogens (tertiary/aromatic N) is 1. The molecule has 14 heavy (non-hydrogen) atoms. The average molecular weight is 196 g/mol. The first-order valence-electron chi connectivity index (χ1n) is 5.09. The van der Waals surface area contributed by atoms with Gasteiger partial charge in [0.2, 0.25) is 11.8 Å². The first-order chi connectivity index (χ1) is 6.54. The van der Waals surface area contributed by atoms with Crippen LogP contribution in [0.1, 0.15) is 13.8 Å². The third-order valence-electron chi connectivity index (χ3n) is 3.70. The van der Waals surface area contributed by atoms with Crippen LogP contribution in [0.15, 0.2) is 0 Å². The van der Waals surface area contributed by atoms with Gasteiger partial charge in [0, 0.05) is 7.05 Å². The highest BCUT2D eigenvalue weighted by Crippen LogP contribution is 2.33. The summed E-state index contributed by atoms with van der Waals surface area (Å²) in [5.74, 6) is 0.517. The average Bonchev–Trinajstić information content (AvgIpc) is 2.38. The van der Waals surface area contributed by atoms with E-state index in [0.717, 1.165) is 6.54 Å². The van der Waals surface area contributed by atoms with Gasteiger partial charge in [0.25, 0.3) is 0 Å². The zero-order chi connectivity index (χ0) is 10.5. The van der Waals surface area contributed by atoms with Crippen LogP contribution in [0.2, 0.25) is 0 Å². The summed E-state index contributed by atoms with van der Waals surface area (Å²) in [6, 6.07) is -0.265. The van der Waals surface area contributed by atoms with E-state index in [1.54, 1.807) is 7.05 Å². The molecule has 4 heteroatoms. The Morgan fingerprint density at radius 2 is 1.93 bits per heavy atom. The summed E-state index contributed by atoms with van der Waals surface area (Å²) in [6.45, 7) is 5.01. The molecular formula is C10H16N2O2. The van der Waals surface area contributed by atoms with Crippen LogP contribution in [0.25, 0.3) is 0 Å². The molecule has 0 aromatic heterocycles. The van der Waals surface area contributed by atoms with Crippen molar-refractivity contribution in [1.82, 2.24) is 10.2 Å². The number of imide groups is 1. The first kappa shape index (κ1) is 9.65. The molecular weight excluding hydrogens is 180 g/mol. The first-order valence-corrected chi connectivity index (χ1v) is 5.09. The van der Waals surface area contributed by atoms with E-state index in [1.807, 2.05) is 0 Å². The van der Waals surface area contributed by atoms with Gasteiger partial charge in [0.15, 0.2) is 0 Å². The van der Waals surface area contributed by atoms with E-state index in [2.05, 4.69) is 19.2 Å². The summed E-state index contributed by atoms with van der Waals surface area (Å²) in [4.78, 5) is 24.7. The predicted molar refractivity (Wildman–Crippen MR) is 51.4 cm³/mol. The van der Waals surface area contributed by atoms with Crippen molar-refractivity contribution in [3.63, 3.8) is 0 Å². The zero-order valence-electron chi connectivity index (χ0n) is 8.78. The van der Waals surface area contributed by atoms with Crippen molar-refractivity contribution >= 4 is 11.8 Å². The fourth-order valence-electron chi connectivity index (χ4n) is 2.43. The number of hydrogen-bond acceptors (Lipinski definition) is 3. The number of nitrogens with one attached hydrogen (secondary N) is 1. The number of carbonyl (C=O) groups excluding carboxylic acids is 2. The second-order valence-electron chi connectivity index (χ2n) is 4.48. The largest absolute Gasteiger partial charge is 0.305 e. The number of hydrogen-bond donors (Lipinski definition) is 1. The summed E-state index contributed by atoms with van der Waals surface area (Å²) in [7, 11) is 1.57. The van der Waals surface area contributed by atoms with E-state index < -0.39 is 0 Å². The van der Waals surface area contributed by atoms with Crippen LogP contribution in [0.3, 0.4) is 0 Å². The van der Waals surface area contributed by atoms with Crippen LogP contribution in [0.5, 0.6) is 0 Å². The molecule has 2 rings (SSSR count). The van der Waals surface area contributed by atoms with Crippen molar-refractivity contribution in [1.29, 1.82) is 0 Å². The monoisotopic (exact) mass is 196 g/mol. The van der Waals surface area contributed by atoms with Crippen LogP contribution in [0.4, 0.5) is 0 Å². The molecule has 4 atom stereocenters. The van der Waals surface area contributed by atoms with Gasteiger partial charge in [-0.15, -0.1) is 0 Å². The molecule has 0 spiro atoms. The Morgan fingerprint density at radius 3 is 2.57 bits per heavy atom. The molecule has 2 aliphatic rings. The second kappa shape index (κ2) is 3.05. The topological polar surface area (TPSA) is 49.4 Å². The number of likely N-dealkylation sites (N-methyl/N-ethyl adjacent to an activating group) is 1. The van der Waals surface area contributed by atoms with Gasteiger partial charge >= 0.3 is 0 Å². The maximum atomic E-state index is 11.8. The highest BCUT2D eigenvalue weighted by molar-refractivity contribution is 6.07. The van der Waals surface area contributed by atoms with Crippen LogP contribution < -0.4 is 5.32 Å². The minimum absolute atomic E-state index is 0.0217. The SMILES string of the molecule is CC1CN[C@H]2C(=O)N(C)C(=O)[C@H]2[C@H]1C. The molecule has 2 aliphatic heterocycles. The molecule has 1 unspecified atom stereocenters. The summed E-state index contributed by atoms with van der Waals surface area (Å²) < 4.78 is 0. The Labute approximate surface area is 83.6 Å². The molecule has 4 nitrogen and oxygen atoms in total. The summed E-state index contributed by atoms with van der Waals surface area (Å²) >= 11 is 0. The lowest BCUT2D eigenvalue weighted by Gasteiger charge is -2.34. The highest BCUT2D eigenvalue weighted by atomic mass is 16.2. The van der Waals surface area contributed by atoms with Gasteiger partial charge in [-0.3, -0.25) is 14.5 Å². The Bertz CT molecular complexity index is 290. The molecule has 2 amide bonds. The Morgan fingerprint density at radius 1 is 1.29 bits per heavy atom. The van der Waals surface area contributed by atoms with Gasteiger partial charge < -0.3 is 5.32 Å². The third kappa shape index (κ3) is 1.10. The number of likely N-dealkylation sites (tertiary alicyclic amines) is 1. The molecule has 2 fully saturated rings. The van der Waals surface area contributed by atoms with Gasteiger partial charge in [-0.05, 0) is 18.4 Å². The van der Waals surface area contributed by atoms with Gasteiger partial charge in [-0.1, -0.05) is 13.8 Å². The minimum atomic E-state index is -0.265. The third-order valence-corrected chi connectivity index (χ3v) is 3.70. The fraction of sp³-hybridized carbons (Fsp3) is 0.800. The molecule has 2 heterocycles. The highest BCUT2D eigenvalue weighted by Gasteiger charge is 2.51. The Balaban J connectivity index is 2.30. The predicted octanol–water partition coefficient (Wildman–Crippen LogP) is -0.155. The molecule has 0 radical (unpaired) electrons. The van der Waals surface area contributed by atoms with Crippen molar-refractivity contribution in [2.45, 2.75) is 19.9 Å². The number of amides is 2. The lowest BCUT2D eigenvalue weighted by Crippen LogP contribution is -2.50. The molecule has 2 saturated heterocycles. The Hall–Kier alpha value is -0.900. The van der Waals surface area contributed by atoms with Crippen LogP contribution in [-0.2, 0) is 9.59 Å². The molecule has 1 N–H and O–H groups in total. The van der Waals surface area contributed by atoms with Crippen LogP contribution in [0, 0.1) is 17.8 Å². The lowest BCUT2D eigenvalue weighted by molar-refractivity contribution is -0.138. The van der Waals surface area contributed by atoms with E-state index in [9.17, 15) is 9.59 Å². The van der Waals surface area contributed by atoms with Crippen molar-refractivity contribution in [2.75, 3.05) is 13.6 Å².